The number of carbonyl (C=O) groups is 2. The second-order valence-corrected chi connectivity index (χ2v) is 7.71. The summed E-state index contributed by atoms with van der Waals surface area (Å²) in [6.07, 6.45) is 3.23. The molecule has 6 nitrogen and oxygen atoms in total. The molecule has 0 radical (unpaired) electrons. The SMILES string of the molecule is CN(C)c1ccc(NC(=O)c2ccc3c(c2)N(C)[C@@H]2CCCCN2C3=O)cc1. The van der Waals surface area contributed by atoms with Crippen molar-refractivity contribution in [2.24, 2.45) is 0 Å². The molecule has 0 unspecified atom stereocenters. The van der Waals surface area contributed by atoms with Crippen LogP contribution in [0.1, 0.15) is 40.0 Å². The predicted octanol–water partition coefficient (Wildman–Crippen LogP) is 3.41. The van der Waals surface area contributed by atoms with Gasteiger partial charge in [-0.3, -0.25) is 9.59 Å². The van der Waals surface area contributed by atoms with Gasteiger partial charge >= 0.3 is 0 Å². The van der Waals surface area contributed by atoms with Crippen molar-refractivity contribution in [1.29, 1.82) is 0 Å². The van der Waals surface area contributed by atoms with Crippen LogP contribution in [0.25, 0.3) is 0 Å². The van der Waals surface area contributed by atoms with Crippen molar-refractivity contribution in [3.63, 3.8) is 0 Å². The number of anilines is 3. The number of hydrogen-bond donors (Lipinski definition) is 1. The van der Waals surface area contributed by atoms with Crippen LogP contribution in [0.4, 0.5) is 17.1 Å². The molecule has 4 rings (SSSR count). The lowest BCUT2D eigenvalue weighted by molar-refractivity contribution is 0.0589. The second-order valence-electron chi connectivity index (χ2n) is 7.71. The Kier molecular flexibility index (Phi) is 4.71. The number of nitrogens with one attached hydrogen (secondary N) is 1. The van der Waals surface area contributed by atoms with Crippen LogP contribution < -0.4 is 15.1 Å². The van der Waals surface area contributed by atoms with Gasteiger partial charge in [0.05, 0.1) is 11.3 Å². The van der Waals surface area contributed by atoms with Crippen LogP contribution in [0.3, 0.4) is 0 Å². The number of hydrogen-bond acceptors (Lipinski definition) is 4. The predicted molar refractivity (Wildman–Crippen MR) is 112 cm³/mol. The molecule has 1 atom stereocenters. The highest BCUT2D eigenvalue weighted by Gasteiger charge is 2.37. The molecule has 146 valence electrons. The maximum atomic E-state index is 12.9. The zero-order valence-corrected chi connectivity index (χ0v) is 16.6. The third-order valence-electron chi connectivity index (χ3n) is 5.69. The fourth-order valence-corrected chi connectivity index (χ4v) is 4.06. The van der Waals surface area contributed by atoms with Crippen LogP contribution >= 0.6 is 0 Å². The van der Waals surface area contributed by atoms with E-state index in [1.165, 1.54) is 0 Å². The summed E-state index contributed by atoms with van der Waals surface area (Å²) in [5, 5.41) is 2.94. The van der Waals surface area contributed by atoms with Crippen molar-refractivity contribution in [2.75, 3.05) is 42.8 Å². The van der Waals surface area contributed by atoms with E-state index in [1.54, 1.807) is 12.1 Å². The number of carbonyl (C=O) groups excluding carboxylic acids is 2. The van der Waals surface area contributed by atoms with Gasteiger partial charge in [-0.1, -0.05) is 0 Å². The van der Waals surface area contributed by atoms with Gasteiger partial charge in [0.1, 0.15) is 6.17 Å². The van der Waals surface area contributed by atoms with Crippen molar-refractivity contribution in [3.8, 4) is 0 Å². The normalized spacial score (nSPS) is 18.4. The molecule has 1 saturated heterocycles. The number of piperidine rings is 1. The van der Waals surface area contributed by atoms with Crippen LogP contribution in [-0.4, -0.2) is 50.6 Å². The molecule has 2 amide bonds. The molecule has 2 aromatic carbocycles. The van der Waals surface area contributed by atoms with Gasteiger partial charge in [0.2, 0.25) is 0 Å². The number of rotatable bonds is 3. The van der Waals surface area contributed by atoms with Crippen molar-refractivity contribution >= 4 is 28.9 Å². The number of amides is 2. The van der Waals surface area contributed by atoms with Crippen molar-refractivity contribution in [2.45, 2.75) is 25.4 Å². The molecule has 2 aliphatic rings. The molecule has 2 heterocycles. The summed E-state index contributed by atoms with van der Waals surface area (Å²) in [5.41, 5.74) is 3.88. The van der Waals surface area contributed by atoms with E-state index in [4.69, 9.17) is 0 Å². The van der Waals surface area contributed by atoms with Crippen LogP contribution in [0.5, 0.6) is 0 Å². The molecule has 0 bridgehead atoms. The Balaban J connectivity index is 1.57. The highest BCUT2D eigenvalue weighted by atomic mass is 16.2. The van der Waals surface area contributed by atoms with Crippen molar-refractivity contribution in [3.05, 3.63) is 53.6 Å². The van der Waals surface area contributed by atoms with Gasteiger partial charge < -0.3 is 20.0 Å². The Bertz CT molecular complexity index is 907. The molecule has 0 spiro atoms. The summed E-state index contributed by atoms with van der Waals surface area (Å²) in [6, 6.07) is 13.1. The zero-order valence-electron chi connectivity index (χ0n) is 16.6. The Morgan fingerprint density at radius 1 is 1.11 bits per heavy atom. The molecule has 6 heteroatoms. The molecule has 1 N–H and O–H groups in total. The summed E-state index contributed by atoms with van der Waals surface area (Å²) in [7, 11) is 5.97. The number of nitrogens with zero attached hydrogens (tertiary/aromatic N) is 3. The molecular weight excluding hydrogens is 352 g/mol. The third kappa shape index (κ3) is 3.19. The van der Waals surface area contributed by atoms with Crippen LogP contribution in [-0.2, 0) is 0 Å². The van der Waals surface area contributed by atoms with E-state index in [1.807, 2.05) is 61.3 Å². The van der Waals surface area contributed by atoms with Crippen LogP contribution in [0, 0.1) is 0 Å². The minimum atomic E-state index is -0.174. The first-order valence-corrected chi connectivity index (χ1v) is 9.72. The van der Waals surface area contributed by atoms with Crippen LogP contribution in [0.2, 0.25) is 0 Å². The van der Waals surface area contributed by atoms with Gasteiger partial charge in [-0.15, -0.1) is 0 Å². The van der Waals surface area contributed by atoms with Gasteiger partial charge in [0.15, 0.2) is 0 Å². The van der Waals surface area contributed by atoms with E-state index in [0.717, 1.165) is 42.9 Å². The monoisotopic (exact) mass is 378 g/mol. The van der Waals surface area contributed by atoms with Gasteiger partial charge in [-0.25, -0.2) is 0 Å². The fourth-order valence-electron chi connectivity index (χ4n) is 4.06. The first-order valence-electron chi connectivity index (χ1n) is 9.72. The number of benzene rings is 2. The molecule has 0 saturated carbocycles. The van der Waals surface area contributed by atoms with E-state index in [2.05, 4.69) is 10.2 Å². The number of fused-ring (bicyclic) bond motifs is 2. The zero-order chi connectivity index (χ0) is 19.8. The Labute approximate surface area is 165 Å². The topological polar surface area (TPSA) is 55.9 Å². The molecule has 28 heavy (non-hydrogen) atoms. The molecule has 2 aromatic rings. The summed E-state index contributed by atoms with van der Waals surface area (Å²) in [4.78, 5) is 31.7. The summed E-state index contributed by atoms with van der Waals surface area (Å²) in [5.74, 6) is -0.101. The average molecular weight is 378 g/mol. The highest BCUT2D eigenvalue weighted by molar-refractivity contribution is 6.08. The van der Waals surface area contributed by atoms with Gasteiger partial charge in [0, 0.05) is 44.6 Å². The first kappa shape index (κ1) is 18.3. The standard InChI is InChI=1S/C22H26N4O2/c1-24(2)17-10-8-16(9-11-17)23-21(27)15-7-12-18-19(14-15)25(3)20-6-4-5-13-26(20)22(18)28/h7-12,14,20H,4-6,13H2,1-3H3,(H,23,27)/t20-/m0/s1. The lowest BCUT2D eigenvalue weighted by Crippen LogP contribution is -2.55. The van der Waals surface area contributed by atoms with Crippen molar-refractivity contribution < 1.29 is 9.59 Å². The van der Waals surface area contributed by atoms with Gasteiger partial charge in [-0.05, 0) is 61.7 Å². The van der Waals surface area contributed by atoms with Gasteiger partial charge in [-0.2, -0.15) is 0 Å². The minimum absolute atomic E-state index is 0.0732. The van der Waals surface area contributed by atoms with E-state index < -0.39 is 0 Å². The van der Waals surface area contributed by atoms with E-state index in [9.17, 15) is 9.59 Å². The lowest BCUT2D eigenvalue weighted by Gasteiger charge is -2.46. The fraction of sp³-hybridized carbons (Fsp3) is 0.364. The van der Waals surface area contributed by atoms with Crippen molar-refractivity contribution in [1.82, 2.24) is 4.90 Å². The molecule has 0 aromatic heterocycles. The van der Waals surface area contributed by atoms with E-state index >= 15 is 0 Å². The first-order chi connectivity index (χ1) is 13.5. The Hall–Kier alpha value is -3.02. The largest absolute Gasteiger partial charge is 0.378 e. The summed E-state index contributed by atoms with van der Waals surface area (Å²) in [6.45, 7) is 0.804. The molecular formula is C22H26N4O2. The molecule has 2 aliphatic heterocycles. The summed E-state index contributed by atoms with van der Waals surface area (Å²) >= 11 is 0. The molecule has 0 aliphatic carbocycles. The smallest absolute Gasteiger partial charge is 0.257 e. The van der Waals surface area contributed by atoms with E-state index in [-0.39, 0.29) is 18.0 Å². The lowest BCUT2D eigenvalue weighted by atomic mass is 9.97. The van der Waals surface area contributed by atoms with Crippen LogP contribution in [0.15, 0.2) is 42.5 Å². The Morgan fingerprint density at radius 2 is 1.86 bits per heavy atom. The Morgan fingerprint density at radius 3 is 2.57 bits per heavy atom. The highest BCUT2D eigenvalue weighted by Crippen LogP contribution is 2.35. The van der Waals surface area contributed by atoms with Gasteiger partial charge in [0.25, 0.3) is 11.8 Å². The minimum Gasteiger partial charge on any atom is -0.378 e. The average Bonchev–Trinajstić information content (AvgIpc) is 2.72. The second kappa shape index (κ2) is 7.19. The molecule has 1 fully saturated rings. The quantitative estimate of drug-likeness (QED) is 0.889. The summed E-state index contributed by atoms with van der Waals surface area (Å²) < 4.78 is 0. The third-order valence-corrected chi connectivity index (χ3v) is 5.69. The maximum Gasteiger partial charge on any atom is 0.257 e. The maximum absolute atomic E-state index is 12.9. The van der Waals surface area contributed by atoms with E-state index in [0.29, 0.717) is 11.1 Å².